The summed E-state index contributed by atoms with van der Waals surface area (Å²) in [6.07, 6.45) is 3.63. The molecule has 7 nitrogen and oxygen atoms in total. The van der Waals surface area contributed by atoms with Crippen molar-refractivity contribution in [3.8, 4) is 0 Å². The number of hydrogen-bond donors (Lipinski definition) is 2. The number of esters is 1. The molecule has 1 aliphatic rings. The van der Waals surface area contributed by atoms with Gasteiger partial charge in [0.2, 0.25) is 0 Å². The minimum atomic E-state index is -0.693. The third-order valence-electron chi connectivity index (χ3n) is 5.77. The Hall–Kier alpha value is -4.00. The lowest BCUT2D eigenvalue weighted by Crippen LogP contribution is -2.44. The van der Waals surface area contributed by atoms with Gasteiger partial charge in [0.25, 0.3) is 5.91 Å². The molecule has 0 radical (unpaired) electrons. The molecular formula is C28H29N3O4. The highest BCUT2D eigenvalue weighted by molar-refractivity contribution is 6.07. The number of fused-ring (bicyclic) bond motifs is 2. The number of benzene rings is 2. The van der Waals surface area contributed by atoms with Crippen LogP contribution >= 0.6 is 0 Å². The number of nitrogens with zero attached hydrogens (tertiary/aromatic N) is 1. The number of allylic oxidation sites excluding steroid dienone is 1. The highest BCUT2D eigenvalue weighted by Gasteiger charge is 2.29. The third-order valence-corrected chi connectivity index (χ3v) is 5.77. The third kappa shape index (κ3) is 5.74. The number of rotatable bonds is 5. The van der Waals surface area contributed by atoms with Crippen LogP contribution in [0.5, 0.6) is 0 Å². The second kappa shape index (κ2) is 10.5. The van der Waals surface area contributed by atoms with Crippen LogP contribution < -0.4 is 10.6 Å². The van der Waals surface area contributed by atoms with Gasteiger partial charge >= 0.3 is 12.0 Å². The quantitative estimate of drug-likeness (QED) is 0.524. The lowest BCUT2D eigenvalue weighted by Gasteiger charge is -2.26. The van der Waals surface area contributed by atoms with Gasteiger partial charge in [0, 0.05) is 11.4 Å². The summed E-state index contributed by atoms with van der Waals surface area (Å²) in [5.74, 6) is -0.996. The van der Waals surface area contributed by atoms with E-state index in [1.54, 1.807) is 13.8 Å². The average molecular weight is 472 g/mol. The molecule has 35 heavy (non-hydrogen) atoms. The summed E-state index contributed by atoms with van der Waals surface area (Å²) in [6.45, 7) is 5.15. The number of nitrogens with one attached hydrogen (secondary N) is 2. The van der Waals surface area contributed by atoms with Gasteiger partial charge in [-0.15, -0.1) is 0 Å². The molecule has 1 aromatic heterocycles. The van der Waals surface area contributed by atoms with Gasteiger partial charge in [-0.05, 0) is 61.4 Å². The van der Waals surface area contributed by atoms with E-state index in [9.17, 15) is 14.4 Å². The molecule has 1 aliphatic carbocycles. The maximum atomic E-state index is 13.3. The van der Waals surface area contributed by atoms with Crippen molar-refractivity contribution in [3.05, 3.63) is 77.0 Å². The Labute approximate surface area is 204 Å². The zero-order valence-electron chi connectivity index (χ0n) is 20.1. The fourth-order valence-electron chi connectivity index (χ4n) is 4.38. The summed E-state index contributed by atoms with van der Waals surface area (Å²) in [7, 11) is 0. The minimum Gasteiger partial charge on any atom is -0.452 e. The van der Waals surface area contributed by atoms with E-state index in [-0.39, 0.29) is 6.04 Å². The first-order valence-electron chi connectivity index (χ1n) is 11.8. The van der Waals surface area contributed by atoms with Crippen LogP contribution in [0.4, 0.5) is 4.79 Å². The number of imide groups is 1. The molecular weight excluding hydrogens is 442 g/mol. The van der Waals surface area contributed by atoms with Gasteiger partial charge in [-0.2, -0.15) is 0 Å². The van der Waals surface area contributed by atoms with Gasteiger partial charge in [0.05, 0.1) is 16.8 Å². The minimum absolute atomic E-state index is 0.125. The molecule has 2 aromatic carbocycles. The predicted molar refractivity (Wildman–Crippen MR) is 136 cm³/mol. The second-order valence-corrected chi connectivity index (χ2v) is 9.18. The number of urea groups is 1. The normalized spacial score (nSPS) is 16.1. The number of ether oxygens (including phenoxy) is 1. The fourth-order valence-corrected chi connectivity index (χ4v) is 4.38. The number of carbonyl (C=O) groups excluding carboxylic acids is 3. The second-order valence-electron chi connectivity index (χ2n) is 9.18. The van der Waals surface area contributed by atoms with Crippen molar-refractivity contribution in [2.75, 3.05) is 6.61 Å². The molecule has 180 valence electrons. The highest BCUT2D eigenvalue weighted by atomic mass is 16.5. The van der Waals surface area contributed by atoms with E-state index < -0.39 is 24.5 Å². The largest absolute Gasteiger partial charge is 0.452 e. The SMILES string of the molecule is CC1CC(=Cc2ccccc2)c2nc3ccccc3c(C(=O)OCC(=O)NC(=O)NC(C)C)c2C1. The highest BCUT2D eigenvalue weighted by Crippen LogP contribution is 2.38. The van der Waals surface area contributed by atoms with Gasteiger partial charge in [0.15, 0.2) is 6.61 Å². The first-order valence-corrected chi connectivity index (χ1v) is 11.8. The van der Waals surface area contributed by atoms with Crippen LogP contribution in [-0.4, -0.2) is 35.5 Å². The Morgan fingerprint density at radius 2 is 1.77 bits per heavy atom. The van der Waals surface area contributed by atoms with Crippen molar-refractivity contribution in [2.24, 2.45) is 5.92 Å². The van der Waals surface area contributed by atoms with Crippen molar-refractivity contribution in [1.82, 2.24) is 15.6 Å². The van der Waals surface area contributed by atoms with Gasteiger partial charge in [0.1, 0.15) is 0 Å². The van der Waals surface area contributed by atoms with E-state index in [2.05, 4.69) is 23.6 Å². The van der Waals surface area contributed by atoms with E-state index in [1.165, 1.54) is 0 Å². The van der Waals surface area contributed by atoms with Crippen LogP contribution in [-0.2, 0) is 16.0 Å². The number of aromatic nitrogens is 1. The summed E-state index contributed by atoms with van der Waals surface area (Å²) in [4.78, 5) is 42.2. The standard InChI is InChI=1S/C28H29N3O4/c1-17(2)29-28(34)31-24(32)16-35-27(33)25-21-11-7-8-12-23(21)30-26-20(13-18(3)14-22(25)26)15-19-9-5-4-6-10-19/h4-12,15,17-18H,13-14,16H2,1-3H3,(H2,29,31,32,34). The summed E-state index contributed by atoms with van der Waals surface area (Å²) in [6, 6.07) is 16.7. The zero-order valence-corrected chi connectivity index (χ0v) is 20.1. The summed E-state index contributed by atoms with van der Waals surface area (Å²) < 4.78 is 5.38. The van der Waals surface area contributed by atoms with E-state index in [4.69, 9.17) is 9.72 Å². The molecule has 1 heterocycles. The fraction of sp³-hybridized carbons (Fsp3) is 0.286. The summed E-state index contributed by atoms with van der Waals surface area (Å²) in [5, 5.41) is 5.42. The number of pyridine rings is 1. The Morgan fingerprint density at radius 1 is 1.06 bits per heavy atom. The molecule has 0 saturated carbocycles. The van der Waals surface area contributed by atoms with Crippen LogP contribution in [0.25, 0.3) is 22.6 Å². The average Bonchev–Trinajstić information content (AvgIpc) is 2.81. The van der Waals surface area contributed by atoms with Crippen molar-refractivity contribution in [3.63, 3.8) is 0 Å². The van der Waals surface area contributed by atoms with Crippen LogP contribution in [0.3, 0.4) is 0 Å². The molecule has 0 fully saturated rings. The predicted octanol–water partition coefficient (Wildman–Crippen LogP) is 4.75. The number of amides is 3. The van der Waals surface area contributed by atoms with Gasteiger partial charge in [-0.1, -0.05) is 55.5 Å². The summed E-state index contributed by atoms with van der Waals surface area (Å²) in [5.41, 5.74) is 4.86. The van der Waals surface area contributed by atoms with Crippen LogP contribution in [0.2, 0.25) is 0 Å². The molecule has 7 heteroatoms. The maximum absolute atomic E-state index is 13.3. The molecule has 0 spiro atoms. The van der Waals surface area contributed by atoms with E-state index >= 15 is 0 Å². The molecule has 0 bridgehead atoms. The van der Waals surface area contributed by atoms with E-state index in [0.29, 0.717) is 28.8 Å². The monoisotopic (exact) mass is 471 g/mol. The van der Waals surface area contributed by atoms with Crippen molar-refractivity contribution >= 4 is 40.5 Å². The molecule has 0 aliphatic heterocycles. The number of para-hydroxylation sites is 1. The molecule has 0 saturated heterocycles. The van der Waals surface area contributed by atoms with Crippen LogP contribution in [0, 0.1) is 5.92 Å². The van der Waals surface area contributed by atoms with E-state index in [1.807, 2.05) is 54.6 Å². The lowest BCUT2D eigenvalue weighted by molar-refractivity contribution is -0.123. The molecule has 1 unspecified atom stereocenters. The van der Waals surface area contributed by atoms with E-state index in [0.717, 1.165) is 28.8 Å². The van der Waals surface area contributed by atoms with Crippen LogP contribution in [0.15, 0.2) is 54.6 Å². The first kappa shape index (κ1) is 24.1. The number of carbonyl (C=O) groups is 3. The van der Waals surface area contributed by atoms with Crippen molar-refractivity contribution in [2.45, 2.75) is 39.7 Å². The maximum Gasteiger partial charge on any atom is 0.339 e. The molecule has 4 rings (SSSR count). The smallest absolute Gasteiger partial charge is 0.339 e. The zero-order chi connectivity index (χ0) is 24.9. The van der Waals surface area contributed by atoms with Gasteiger partial charge in [-0.3, -0.25) is 10.1 Å². The van der Waals surface area contributed by atoms with Gasteiger partial charge < -0.3 is 10.1 Å². The molecule has 3 aromatic rings. The topological polar surface area (TPSA) is 97.4 Å². The molecule has 1 atom stereocenters. The Balaban J connectivity index is 1.68. The Bertz CT molecular complexity index is 1300. The first-order chi connectivity index (χ1) is 16.8. The molecule has 3 amide bonds. The Morgan fingerprint density at radius 3 is 2.51 bits per heavy atom. The van der Waals surface area contributed by atoms with Crippen molar-refractivity contribution < 1.29 is 19.1 Å². The van der Waals surface area contributed by atoms with Gasteiger partial charge in [-0.25, -0.2) is 14.6 Å². The molecule has 2 N–H and O–H groups in total. The summed E-state index contributed by atoms with van der Waals surface area (Å²) >= 11 is 0. The lowest BCUT2D eigenvalue weighted by atomic mass is 9.80. The Kier molecular flexibility index (Phi) is 7.25. The van der Waals surface area contributed by atoms with Crippen molar-refractivity contribution in [1.29, 1.82) is 0 Å². The van der Waals surface area contributed by atoms with Crippen LogP contribution in [0.1, 0.15) is 54.4 Å². The number of hydrogen-bond acceptors (Lipinski definition) is 5.